The van der Waals surface area contributed by atoms with Crippen molar-refractivity contribution >= 4 is 23.2 Å². The summed E-state index contributed by atoms with van der Waals surface area (Å²) < 4.78 is 11.5. The molecule has 1 aromatic carbocycles. The second-order valence-electron chi connectivity index (χ2n) is 6.44. The normalized spacial score (nSPS) is 19.6. The molecule has 1 unspecified atom stereocenters. The molecule has 1 atom stereocenters. The minimum absolute atomic E-state index is 0.0139. The van der Waals surface area contributed by atoms with Crippen molar-refractivity contribution < 1.29 is 9.47 Å². The Morgan fingerprint density at radius 3 is 2.71 bits per heavy atom. The summed E-state index contributed by atoms with van der Waals surface area (Å²) in [6.45, 7) is 8.45. The summed E-state index contributed by atoms with van der Waals surface area (Å²) >= 11 is 12.4. The van der Waals surface area contributed by atoms with E-state index in [1.54, 1.807) is 6.07 Å². The van der Waals surface area contributed by atoms with Crippen molar-refractivity contribution in [2.75, 3.05) is 13.2 Å². The van der Waals surface area contributed by atoms with Crippen LogP contribution in [0.5, 0.6) is 5.75 Å². The van der Waals surface area contributed by atoms with Gasteiger partial charge in [0.25, 0.3) is 0 Å². The molecule has 1 aliphatic rings. The lowest BCUT2D eigenvalue weighted by Gasteiger charge is -2.26. The zero-order chi connectivity index (χ0) is 15.5. The van der Waals surface area contributed by atoms with E-state index in [1.807, 2.05) is 6.07 Å². The maximum Gasteiger partial charge on any atom is 0.143 e. The van der Waals surface area contributed by atoms with Crippen LogP contribution in [0, 0.1) is 0 Å². The molecule has 21 heavy (non-hydrogen) atoms. The number of halogens is 2. The van der Waals surface area contributed by atoms with Crippen molar-refractivity contribution in [1.82, 2.24) is 5.32 Å². The summed E-state index contributed by atoms with van der Waals surface area (Å²) in [4.78, 5) is 0. The number of nitrogens with one attached hydrogen (secondary N) is 1. The number of hydrogen-bond acceptors (Lipinski definition) is 3. The molecule has 0 aliphatic carbocycles. The van der Waals surface area contributed by atoms with E-state index in [1.165, 1.54) is 0 Å². The van der Waals surface area contributed by atoms with E-state index in [0.717, 1.165) is 25.0 Å². The highest BCUT2D eigenvalue weighted by atomic mass is 35.5. The Balaban J connectivity index is 2.16. The molecule has 1 heterocycles. The van der Waals surface area contributed by atoms with Crippen molar-refractivity contribution in [3.63, 3.8) is 0 Å². The van der Waals surface area contributed by atoms with Crippen LogP contribution in [0.4, 0.5) is 0 Å². The maximum atomic E-state index is 6.33. The Morgan fingerprint density at radius 1 is 1.33 bits per heavy atom. The van der Waals surface area contributed by atoms with Gasteiger partial charge in [-0.15, -0.1) is 0 Å². The minimum Gasteiger partial charge on any atom is -0.486 e. The van der Waals surface area contributed by atoms with Gasteiger partial charge in [0.05, 0.1) is 11.6 Å². The van der Waals surface area contributed by atoms with Crippen LogP contribution in [0.2, 0.25) is 10.0 Å². The van der Waals surface area contributed by atoms with Crippen molar-refractivity contribution in [2.24, 2.45) is 0 Å². The van der Waals surface area contributed by atoms with Gasteiger partial charge >= 0.3 is 0 Å². The molecule has 0 aromatic heterocycles. The second kappa shape index (κ2) is 7.19. The molecule has 0 amide bonds. The third-order valence-corrected chi connectivity index (χ3v) is 3.80. The Morgan fingerprint density at radius 2 is 2.10 bits per heavy atom. The van der Waals surface area contributed by atoms with Crippen LogP contribution in [-0.4, -0.2) is 24.9 Å². The topological polar surface area (TPSA) is 30.5 Å². The SMILES string of the molecule is CC(C)(C)NCc1cc(Cl)cc(Cl)c1OC1CCCOC1. The fourth-order valence-corrected chi connectivity index (χ4v) is 2.79. The first-order valence-electron chi connectivity index (χ1n) is 7.32. The lowest BCUT2D eigenvalue weighted by molar-refractivity contribution is 0.00702. The molecule has 5 heteroatoms. The first-order chi connectivity index (χ1) is 9.85. The highest BCUT2D eigenvalue weighted by Gasteiger charge is 2.20. The smallest absolute Gasteiger partial charge is 0.143 e. The lowest BCUT2D eigenvalue weighted by Crippen LogP contribution is -2.35. The van der Waals surface area contributed by atoms with Crippen molar-refractivity contribution in [2.45, 2.75) is 51.8 Å². The highest BCUT2D eigenvalue weighted by Crippen LogP contribution is 2.34. The molecule has 1 fully saturated rings. The van der Waals surface area contributed by atoms with Crippen LogP contribution in [-0.2, 0) is 11.3 Å². The Hall–Kier alpha value is -0.480. The van der Waals surface area contributed by atoms with Gasteiger partial charge in [-0.3, -0.25) is 0 Å². The predicted octanol–water partition coefficient (Wildman–Crippen LogP) is 4.44. The van der Waals surface area contributed by atoms with Crippen molar-refractivity contribution in [1.29, 1.82) is 0 Å². The third-order valence-electron chi connectivity index (χ3n) is 3.30. The average Bonchev–Trinajstić information content (AvgIpc) is 2.40. The van der Waals surface area contributed by atoms with E-state index >= 15 is 0 Å². The quantitative estimate of drug-likeness (QED) is 0.884. The fraction of sp³-hybridized carbons (Fsp3) is 0.625. The molecule has 3 nitrogen and oxygen atoms in total. The summed E-state index contributed by atoms with van der Waals surface area (Å²) in [5.41, 5.74) is 0.994. The molecule has 1 aromatic rings. The monoisotopic (exact) mass is 331 g/mol. The van der Waals surface area contributed by atoms with Crippen molar-refractivity contribution in [3.05, 3.63) is 27.7 Å². The second-order valence-corrected chi connectivity index (χ2v) is 7.28. The predicted molar refractivity (Wildman–Crippen MR) is 87.5 cm³/mol. The van der Waals surface area contributed by atoms with Gasteiger partial charge in [-0.1, -0.05) is 23.2 Å². The molecule has 0 spiro atoms. The standard InChI is InChI=1S/C16H23Cl2NO2/c1-16(2,3)19-9-11-7-12(17)8-14(18)15(11)21-13-5-4-6-20-10-13/h7-8,13,19H,4-6,9-10H2,1-3H3. The van der Waals surface area contributed by atoms with Gasteiger partial charge in [-0.05, 0) is 45.7 Å². The van der Waals surface area contributed by atoms with Gasteiger partial charge in [0.2, 0.25) is 0 Å². The van der Waals surface area contributed by atoms with Crippen LogP contribution < -0.4 is 10.1 Å². The van der Waals surface area contributed by atoms with E-state index in [4.69, 9.17) is 32.7 Å². The van der Waals surface area contributed by atoms with Crippen LogP contribution in [0.15, 0.2) is 12.1 Å². The highest BCUT2D eigenvalue weighted by molar-refractivity contribution is 6.35. The summed E-state index contributed by atoms with van der Waals surface area (Å²) in [7, 11) is 0. The van der Waals surface area contributed by atoms with Crippen LogP contribution >= 0.6 is 23.2 Å². The number of hydrogen-bond donors (Lipinski definition) is 1. The third kappa shape index (κ3) is 5.33. The molecule has 0 saturated carbocycles. The zero-order valence-electron chi connectivity index (χ0n) is 12.8. The fourth-order valence-electron chi connectivity index (χ4n) is 2.21. The molecule has 1 saturated heterocycles. The van der Waals surface area contributed by atoms with Crippen molar-refractivity contribution in [3.8, 4) is 5.75 Å². The number of ether oxygens (including phenoxy) is 2. The van der Waals surface area contributed by atoms with E-state index in [9.17, 15) is 0 Å². The first-order valence-corrected chi connectivity index (χ1v) is 8.08. The van der Waals surface area contributed by atoms with E-state index in [2.05, 4.69) is 26.1 Å². The van der Waals surface area contributed by atoms with Gasteiger partial charge in [0.1, 0.15) is 11.9 Å². The molecule has 118 valence electrons. The van der Waals surface area contributed by atoms with E-state index < -0.39 is 0 Å². The van der Waals surface area contributed by atoms with Gasteiger partial charge < -0.3 is 14.8 Å². The maximum absolute atomic E-state index is 6.33. The van der Waals surface area contributed by atoms with Crippen LogP contribution in [0.25, 0.3) is 0 Å². The molecule has 1 N–H and O–H groups in total. The van der Waals surface area contributed by atoms with Gasteiger partial charge in [0, 0.05) is 29.3 Å². The van der Waals surface area contributed by atoms with Crippen LogP contribution in [0.3, 0.4) is 0 Å². The van der Waals surface area contributed by atoms with E-state index in [0.29, 0.717) is 28.9 Å². The first kappa shape index (κ1) is 16.9. The van der Waals surface area contributed by atoms with Gasteiger partial charge in [-0.2, -0.15) is 0 Å². The lowest BCUT2D eigenvalue weighted by atomic mass is 10.1. The zero-order valence-corrected chi connectivity index (χ0v) is 14.4. The van der Waals surface area contributed by atoms with Gasteiger partial charge in [-0.25, -0.2) is 0 Å². The summed E-state index contributed by atoms with van der Waals surface area (Å²) in [5, 5.41) is 4.62. The van der Waals surface area contributed by atoms with Crippen LogP contribution in [0.1, 0.15) is 39.2 Å². The molecule has 0 radical (unpaired) electrons. The molecule has 2 rings (SSSR count). The summed E-state index contributed by atoms with van der Waals surface area (Å²) in [6.07, 6.45) is 2.07. The largest absolute Gasteiger partial charge is 0.486 e. The number of benzene rings is 1. The minimum atomic E-state index is 0.0139. The van der Waals surface area contributed by atoms with Gasteiger partial charge in [0.15, 0.2) is 0 Å². The molecular formula is C16H23Cl2NO2. The van der Waals surface area contributed by atoms with E-state index in [-0.39, 0.29) is 11.6 Å². The average molecular weight is 332 g/mol. The Labute approximate surface area is 136 Å². The number of rotatable bonds is 4. The summed E-state index contributed by atoms with van der Waals surface area (Å²) in [5.74, 6) is 0.716. The molecule has 1 aliphatic heterocycles. The summed E-state index contributed by atoms with van der Waals surface area (Å²) in [6, 6.07) is 3.63. The molecule has 0 bridgehead atoms. The Kier molecular flexibility index (Phi) is 5.78. The Bertz CT molecular complexity index is 480. The molecular weight excluding hydrogens is 309 g/mol.